The van der Waals surface area contributed by atoms with E-state index in [0.717, 1.165) is 12.1 Å². The van der Waals surface area contributed by atoms with Gasteiger partial charge < -0.3 is 0 Å². The molecule has 14 heavy (non-hydrogen) atoms. The van der Waals surface area contributed by atoms with Gasteiger partial charge in [0.1, 0.15) is 11.8 Å². The molecular formula is C12H12N2. The second-order valence-electron chi connectivity index (χ2n) is 3.63. The number of pyridine rings is 1. The van der Waals surface area contributed by atoms with Crippen molar-refractivity contribution in [1.82, 2.24) is 4.98 Å². The fourth-order valence-electron chi connectivity index (χ4n) is 1.91. The highest BCUT2D eigenvalue weighted by Crippen LogP contribution is 2.32. The maximum Gasteiger partial charge on any atom is 0.141 e. The Kier molecular flexibility index (Phi) is 2.32. The van der Waals surface area contributed by atoms with Gasteiger partial charge in [0.2, 0.25) is 0 Å². The number of hydrogen-bond donors (Lipinski definition) is 0. The highest BCUT2D eigenvalue weighted by molar-refractivity contribution is 5.67. The summed E-state index contributed by atoms with van der Waals surface area (Å²) in [6, 6.07) is 7.71. The van der Waals surface area contributed by atoms with Gasteiger partial charge in [0.05, 0.1) is 5.69 Å². The minimum atomic E-state index is 0.509. The molecule has 0 radical (unpaired) electrons. The minimum absolute atomic E-state index is 0.509. The van der Waals surface area contributed by atoms with Crippen molar-refractivity contribution < 1.29 is 0 Å². The smallest absolute Gasteiger partial charge is 0.141 e. The lowest BCUT2D eigenvalue weighted by atomic mass is 10.1. The van der Waals surface area contributed by atoms with E-state index in [-0.39, 0.29) is 0 Å². The molecule has 0 bridgehead atoms. The third-order valence-electron chi connectivity index (χ3n) is 2.67. The zero-order chi connectivity index (χ0) is 9.97. The Balaban J connectivity index is 2.42. The van der Waals surface area contributed by atoms with Gasteiger partial charge >= 0.3 is 0 Å². The van der Waals surface area contributed by atoms with E-state index < -0.39 is 0 Å². The zero-order valence-electron chi connectivity index (χ0n) is 8.25. The van der Waals surface area contributed by atoms with Crippen molar-refractivity contribution in [2.45, 2.75) is 26.2 Å². The summed E-state index contributed by atoms with van der Waals surface area (Å²) in [7, 11) is 0. The highest BCUT2D eigenvalue weighted by atomic mass is 14.7. The number of hydrogen-bond acceptors (Lipinski definition) is 2. The first kappa shape index (κ1) is 8.96. The van der Waals surface area contributed by atoms with Crippen LogP contribution in [0.15, 0.2) is 23.8 Å². The highest BCUT2D eigenvalue weighted by Gasteiger charge is 2.13. The van der Waals surface area contributed by atoms with E-state index in [4.69, 9.17) is 5.26 Å². The fourth-order valence-corrected chi connectivity index (χ4v) is 1.91. The van der Waals surface area contributed by atoms with Gasteiger partial charge in [-0.25, -0.2) is 4.98 Å². The summed E-state index contributed by atoms with van der Waals surface area (Å²) in [4.78, 5) is 4.30. The van der Waals surface area contributed by atoms with Crippen molar-refractivity contribution in [1.29, 1.82) is 5.26 Å². The van der Waals surface area contributed by atoms with Gasteiger partial charge in [0.25, 0.3) is 0 Å². The molecule has 0 aliphatic heterocycles. The second-order valence-corrected chi connectivity index (χ2v) is 3.63. The molecule has 0 spiro atoms. The summed E-state index contributed by atoms with van der Waals surface area (Å²) >= 11 is 0. The molecule has 0 saturated carbocycles. The molecular weight excluding hydrogens is 172 g/mol. The van der Waals surface area contributed by atoms with Crippen LogP contribution in [0.5, 0.6) is 0 Å². The van der Waals surface area contributed by atoms with Crippen LogP contribution >= 0.6 is 0 Å². The van der Waals surface area contributed by atoms with E-state index in [1.165, 1.54) is 24.0 Å². The standard InChI is InChI=1S/C12H12N2/c1-9-4-2-6-11(9)12-7-3-5-10(8-13)14-12/h3,5,7H,2,4,6H2,1H3. The van der Waals surface area contributed by atoms with Crippen molar-refractivity contribution in [3.63, 3.8) is 0 Å². The molecule has 1 aromatic rings. The molecule has 2 nitrogen and oxygen atoms in total. The lowest BCUT2D eigenvalue weighted by Gasteiger charge is -2.02. The van der Waals surface area contributed by atoms with Crippen LogP contribution in [0.25, 0.3) is 5.57 Å². The van der Waals surface area contributed by atoms with E-state index in [9.17, 15) is 0 Å². The maximum absolute atomic E-state index is 8.74. The van der Waals surface area contributed by atoms with Crippen LogP contribution < -0.4 is 0 Å². The first-order chi connectivity index (χ1) is 6.81. The van der Waals surface area contributed by atoms with Crippen LogP contribution in [0, 0.1) is 11.3 Å². The third kappa shape index (κ3) is 1.54. The molecule has 70 valence electrons. The zero-order valence-corrected chi connectivity index (χ0v) is 8.25. The van der Waals surface area contributed by atoms with Crippen molar-refractivity contribution in [2.24, 2.45) is 0 Å². The molecule has 0 unspecified atom stereocenters. The summed E-state index contributed by atoms with van der Waals surface area (Å²) < 4.78 is 0. The molecule has 1 heterocycles. The normalized spacial score (nSPS) is 15.7. The Hall–Kier alpha value is -1.62. The predicted molar refractivity (Wildman–Crippen MR) is 55.4 cm³/mol. The largest absolute Gasteiger partial charge is 0.237 e. The first-order valence-electron chi connectivity index (χ1n) is 4.87. The molecule has 0 N–H and O–H groups in total. The quantitative estimate of drug-likeness (QED) is 0.672. The van der Waals surface area contributed by atoms with Crippen LogP contribution in [0.3, 0.4) is 0 Å². The number of nitriles is 1. The van der Waals surface area contributed by atoms with Gasteiger partial charge in [-0.15, -0.1) is 0 Å². The summed E-state index contributed by atoms with van der Waals surface area (Å²) in [5.74, 6) is 0. The Morgan fingerprint density at radius 1 is 1.36 bits per heavy atom. The number of aromatic nitrogens is 1. The molecule has 2 rings (SSSR count). The summed E-state index contributed by atoms with van der Waals surface area (Å²) in [6.07, 6.45) is 3.50. The lowest BCUT2D eigenvalue weighted by Crippen LogP contribution is -1.90. The van der Waals surface area contributed by atoms with Crippen molar-refractivity contribution in [3.8, 4) is 6.07 Å². The van der Waals surface area contributed by atoms with Gasteiger partial charge in [0.15, 0.2) is 0 Å². The Labute approximate surface area is 83.9 Å². The van der Waals surface area contributed by atoms with Crippen LogP contribution in [0.1, 0.15) is 37.6 Å². The Bertz CT molecular complexity index is 424. The monoisotopic (exact) mass is 184 g/mol. The molecule has 1 aliphatic rings. The first-order valence-corrected chi connectivity index (χ1v) is 4.87. The van der Waals surface area contributed by atoms with E-state index in [1.807, 2.05) is 12.1 Å². The molecule has 0 aromatic carbocycles. The van der Waals surface area contributed by atoms with E-state index in [1.54, 1.807) is 6.07 Å². The topological polar surface area (TPSA) is 36.7 Å². The van der Waals surface area contributed by atoms with Crippen molar-refractivity contribution >= 4 is 5.57 Å². The number of allylic oxidation sites excluding steroid dienone is 2. The molecule has 2 heteroatoms. The van der Waals surface area contributed by atoms with Gasteiger partial charge in [-0.3, -0.25) is 0 Å². The summed E-state index contributed by atoms with van der Waals surface area (Å²) in [5, 5.41) is 8.74. The molecule has 1 aliphatic carbocycles. The summed E-state index contributed by atoms with van der Waals surface area (Å²) in [5.41, 5.74) is 4.25. The lowest BCUT2D eigenvalue weighted by molar-refractivity contribution is 0.908. The molecule has 0 fully saturated rings. The average molecular weight is 184 g/mol. The van der Waals surface area contributed by atoms with Gasteiger partial charge in [-0.1, -0.05) is 11.6 Å². The number of rotatable bonds is 1. The summed E-state index contributed by atoms with van der Waals surface area (Å²) in [6.45, 7) is 2.16. The fraction of sp³-hybridized carbons (Fsp3) is 0.333. The Morgan fingerprint density at radius 3 is 2.86 bits per heavy atom. The SMILES string of the molecule is CC1=C(c2cccc(C#N)n2)CCC1. The van der Waals surface area contributed by atoms with Crippen LogP contribution in [-0.2, 0) is 0 Å². The van der Waals surface area contributed by atoms with Crippen molar-refractivity contribution in [2.75, 3.05) is 0 Å². The Morgan fingerprint density at radius 2 is 2.21 bits per heavy atom. The van der Waals surface area contributed by atoms with Crippen LogP contribution in [0.2, 0.25) is 0 Å². The third-order valence-corrected chi connectivity index (χ3v) is 2.67. The second kappa shape index (κ2) is 3.63. The average Bonchev–Trinajstić information content (AvgIpc) is 2.65. The molecule has 0 saturated heterocycles. The van der Waals surface area contributed by atoms with Crippen LogP contribution in [-0.4, -0.2) is 4.98 Å². The van der Waals surface area contributed by atoms with E-state index in [0.29, 0.717) is 5.69 Å². The van der Waals surface area contributed by atoms with Gasteiger partial charge in [-0.2, -0.15) is 5.26 Å². The minimum Gasteiger partial charge on any atom is -0.237 e. The molecule has 0 amide bonds. The van der Waals surface area contributed by atoms with Crippen LogP contribution in [0.4, 0.5) is 0 Å². The van der Waals surface area contributed by atoms with E-state index in [2.05, 4.69) is 18.0 Å². The van der Waals surface area contributed by atoms with Gasteiger partial charge in [-0.05, 0) is 43.9 Å². The predicted octanol–water partition coefficient (Wildman–Crippen LogP) is 2.91. The molecule has 0 atom stereocenters. The van der Waals surface area contributed by atoms with E-state index >= 15 is 0 Å². The molecule has 1 aromatic heterocycles. The van der Waals surface area contributed by atoms with Gasteiger partial charge in [0, 0.05) is 0 Å². The number of nitrogens with zero attached hydrogens (tertiary/aromatic N) is 2. The van der Waals surface area contributed by atoms with Crippen molar-refractivity contribution in [3.05, 3.63) is 35.2 Å². The maximum atomic E-state index is 8.74.